The second-order valence-electron chi connectivity index (χ2n) is 5.99. The Balaban J connectivity index is 0.00000208. The molecule has 1 amide bonds. The maximum absolute atomic E-state index is 12.7. The van der Waals surface area contributed by atoms with Crippen molar-refractivity contribution in [3.05, 3.63) is 29.8 Å². The molecule has 2 saturated heterocycles. The summed E-state index contributed by atoms with van der Waals surface area (Å²) in [6.07, 6.45) is -1.56. The van der Waals surface area contributed by atoms with E-state index >= 15 is 0 Å². The van der Waals surface area contributed by atoms with Crippen molar-refractivity contribution in [3.63, 3.8) is 0 Å². The molecule has 0 aromatic heterocycles. The minimum atomic E-state index is -4.42. The van der Waals surface area contributed by atoms with E-state index in [4.69, 9.17) is 4.74 Å². The number of carbonyl (C=O) groups excluding carboxylic acids is 1. The number of amides is 1. The minimum absolute atomic E-state index is 0. The number of nitrogens with one attached hydrogen (secondary N) is 1. The lowest BCUT2D eigenvalue weighted by atomic mass is 10.1. The predicted molar refractivity (Wildman–Crippen MR) is 85.3 cm³/mol. The van der Waals surface area contributed by atoms with Gasteiger partial charge in [0, 0.05) is 18.6 Å². The van der Waals surface area contributed by atoms with Gasteiger partial charge >= 0.3 is 6.18 Å². The van der Waals surface area contributed by atoms with Crippen molar-refractivity contribution >= 4 is 18.3 Å². The van der Waals surface area contributed by atoms with Crippen LogP contribution in [0.2, 0.25) is 0 Å². The largest absolute Gasteiger partial charge is 0.484 e. The quantitative estimate of drug-likeness (QED) is 0.896. The van der Waals surface area contributed by atoms with Gasteiger partial charge in [0.2, 0.25) is 0 Å². The number of fused-ring (bicyclic) bond motifs is 2. The number of carbonyl (C=O) groups is 1. The smallest absolute Gasteiger partial charge is 0.416 e. The van der Waals surface area contributed by atoms with Gasteiger partial charge in [-0.15, -0.1) is 12.4 Å². The monoisotopic (exact) mass is 364 g/mol. The van der Waals surface area contributed by atoms with Crippen LogP contribution in [0.4, 0.5) is 13.2 Å². The SMILES string of the molecule is Cl.O=C(COc1cccc(C(F)(F)F)c1)N1C2CCNCC1CC2. The van der Waals surface area contributed by atoms with Crippen molar-refractivity contribution in [1.82, 2.24) is 10.2 Å². The molecule has 0 spiro atoms. The van der Waals surface area contributed by atoms with Crippen LogP contribution in [0.1, 0.15) is 24.8 Å². The van der Waals surface area contributed by atoms with Gasteiger partial charge in [-0.3, -0.25) is 4.79 Å². The van der Waals surface area contributed by atoms with Crippen LogP contribution in [0.25, 0.3) is 0 Å². The Labute approximate surface area is 144 Å². The normalized spacial score (nSPS) is 23.4. The number of hydrogen-bond acceptors (Lipinski definition) is 3. The Morgan fingerprint density at radius 2 is 2.00 bits per heavy atom. The molecule has 0 saturated carbocycles. The molecule has 4 nitrogen and oxygen atoms in total. The zero-order valence-electron chi connectivity index (χ0n) is 13.0. The Morgan fingerprint density at radius 3 is 2.75 bits per heavy atom. The molecule has 2 aliphatic heterocycles. The van der Waals surface area contributed by atoms with Crippen LogP contribution < -0.4 is 10.1 Å². The Bertz CT molecular complexity index is 569. The highest BCUT2D eigenvalue weighted by molar-refractivity contribution is 5.85. The molecule has 1 aromatic rings. The first-order chi connectivity index (χ1) is 10.9. The highest BCUT2D eigenvalue weighted by atomic mass is 35.5. The summed E-state index contributed by atoms with van der Waals surface area (Å²) in [5, 5.41) is 3.30. The molecule has 0 aliphatic carbocycles. The van der Waals surface area contributed by atoms with Gasteiger partial charge in [-0.25, -0.2) is 0 Å². The summed E-state index contributed by atoms with van der Waals surface area (Å²) in [5.74, 6) is -0.0907. The lowest BCUT2D eigenvalue weighted by molar-refractivity contribution is -0.137. The fourth-order valence-corrected chi connectivity index (χ4v) is 3.37. The average Bonchev–Trinajstić information content (AvgIpc) is 2.77. The van der Waals surface area contributed by atoms with Gasteiger partial charge in [-0.2, -0.15) is 13.2 Å². The van der Waals surface area contributed by atoms with Crippen molar-refractivity contribution < 1.29 is 22.7 Å². The van der Waals surface area contributed by atoms with Gasteiger partial charge < -0.3 is 15.0 Å². The van der Waals surface area contributed by atoms with Crippen molar-refractivity contribution in [2.75, 3.05) is 19.7 Å². The van der Waals surface area contributed by atoms with Crippen LogP contribution in [-0.4, -0.2) is 42.6 Å². The van der Waals surface area contributed by atoms with Crippen LogP contribution >= 0.6 is 12.4 Å². The lowest BCUT2D eigenvalue weighted by Crippen LogP contribution is -2.44. The number of hydrogen-bond donors (Lipinski definition) is 1. The summed E-state index contributed by atoms with van der Waals surface area (Å²) in [7, 11) is 0. The van der Waals surface area contributed by atoms with Crippen molar-refractivity contribution in [2.24, 2.45) is 0 Å². The third-order valence-electron chi connectivity index (χ3n) is 4.47. The van der Waals surface area contributed by atoms with Gasteiger partial charge in [0.25, 0.3) is 5.91 Å². The van der Waals surface area contributed by atoms with Gasteiger partial charge in [-0.1, -0.05) is 6.07 Å². The molecule has 2 bridgehead atoms. The minimum Gasteiger partial charge on any atom is -0.484 e. The van der Waals surface area contributed by atoms with E-state index in [1.165, 1.54) is 12.1 Å². The van der Waals surface area contributed by atoms with Crippen molar-refractivity contribution in [3.8, 4) is 5.75 Å². The fraction of sp³-hybridized carbons (Fsp3) is 0.562. The second-order valence-corrected chi connectivity index (χ2v) is 5.99. The highest BCUT2D eigenvalue weighted by Gasteiger charge is 2.38. The molecule has 134 valence electrons. The number of halogens is 4. The molecule has 2 fully saturated rings. The van der Waals surface area contributed by atoms with Crippen molar-refractivity contribution in [2.45, 2.75) is 37.5 Å². The molecule has 3 rings (SSSR count). The molecule has 1 N–H and O–H groups in total. The van der Waals surface area contributed by atoms with Gasteiger partial charge in [-0.05, 0) is 44.0 Å². The van der Waals surface area contributed by atoms with E-state index in [-0.39, 0.29) is 42.8 Å². The van der Waals surface area contributed by atoms with Crippen LogP contribution in [0.5, 0.6) is 5.75 Å². The van der Waals surface area contributed by atoms with Crippen LogP contribution in [-0.2, 0) is 11.0 Å². The summed E-state index contributed by atoms with van der Waals surface area (Å²) < 4.78 is 43.3. The number of benzene rings is 1. The van der Waals surface area contributed by atoms with Gasteiger partial charge in [0.1, 0.15) is 5.75 Å². The first-order valence-corrected chi connectivity index (χ1v) is 7.77. The Hall–Kier alpha value is -1.47. The summed E-state index contributed by atoms with van der Waals surface area (Å²) in [6.45, 7) is 1.43. The van der Waals surface area contributed by atoms with Crippen LogP contribution in [0.3, 0.4) is 0 Å². The van der Waals surface area contributed by atoms with E-state index in [0.29, 0.717) is 0 Å². The third kappa shape index (κ3) is 4.13. The molecule has 2 heterocycles. The number of rotatable bonds is 3. The summed E-state index contributed by atoms with van der Waals surface area (Å²) in [4.78, 5) is 14.3. The maximum Gasteiger partial charge on any atom is 0.416 e. The molecule has 1 aromatic carbocycles. The number of ether oxygens (including phenoxy) is 1. The van der Waals surface area contributed by atoms with E-state index < -0.39 is 11.7 Å². The third-order valence-corrected chi connectivity index (χ3v) is 4.47. The Morgan fingerprint density at radius 1 is 1.25 bits per heavy atom. The van der Waals surface area contributed by atoms with E-state index in [1.807, 2.05) is 4.90 Å². The van der Waals surface area contributed by atoms with E-state index in [2.05, 4.69) is 5.32 Å². The molecule has 2 unspecified atom stereocenters. The zero-order chi connectivity index (χ0) is 16.4. The first kappa shape index (κ1) is 18.9. The van der Waals surface area contributed by atoms with Gasteiger partial charge in [0.05, 0.1) is 5.56 Å². The molecule has 24 heavy (non-hydrogen) atoms. The summed E-state index contributed by atoms with van der Waals surface area (Å²) in [5.41, 5.74) is -0.776. The average molecular weight is 365 g/mol. The molecular formula is C16H20ClF3N2O2. The van der Waals surface area contributed by atoms with Crippen LogP contribution in [0, 0.1) is 0 Å². The van der Waals surface area contributed by atoms with Gasteiger partial charge in [0.15, 0.2) is 6.61 Å². The fourth-order valence-electron chi connectivity index (χ4n) is 3.37. The summed E-state index contributed by atoms with van der Waals surface area (Å²) >= 11 is 0. The maximum atomic E-state index is 12.7. The highest BCUT2D eigenvalue weighted by Crippen LogP contribution is 2.31. The first-order valence-electron chi connectivity index (χ1n) is 7.77. The molecule has 8 heteroatoms. The lowest BCUT2D eigenvalue weighted by Gasteiger charge is -2.27. The van der Waals surface area contributed by atoms with E-state index in [0.717, 1.165) is 44.5 Å². The summed E-state index contributed by atoms with van der Waals surface area (Å²) in [6, 6.07) is 5.00. The van der Waals surface area contributed by atoms with E-state index in [9.17, 15) is 18.0 Å². The number of alkyl halides is 3. The van der Waals surface area contributed by atoms with Crippen molar-refractivity contribution in [1.29, 1.82) is 0 Å². The second kappa shape index (κ2) is 7.61. The topological polar surface area (TPSA) is 41.6 Å². The predicted octanol–water partition coefficient (Wildman–Crippen LogP) is 2.86. The standard InChI is InChI=1S/C16H19F3N2O2.ClH/c17-16(18,19)11-2-1-3-14(8-11)23-10-15(22)21-12-4-5-13(21)9-20-7-6-12;/h1-3,8,12-13,20H,4-7,9-10H2;1H. The molecule has 2 aliphatic rings. The van der Waals surface area contributed by atoms with E-state index in [1.54, 1.807) is 0 Å². The molecule has 2 atom stereocenters. The zero-order valence-corrected chi connectivity index (χ0v) is 13.8. The Kier molecular flexibility index (Phi) is 5.98. The molecule has 0 radical (unpaired) electrons. The number of nitrogens with zero attached hydrogens (tertiary/aromatic N) is 1. The molecular weight excluding hydrogens is 345 g/mol. The van der Waals surface area contributed by atoms with Crippen LogP contribution in [0.15, 0.2) is 24.3 Å².